The number of halogens is 1. The van der Waals surface area contributed by atoms with Gasteiger partial charge in [-0.1, -0.05) is 11.6 Å². The van der Waals surface area contributed by atoms with E-state index in [2.05, 4.69) is 10.2 Å². The fourth-order valence-electron chi connectivity index (χ4n) is 3.20. The molecule has 1 aromatic rings. The molecule has 0 saturated carbocycles. The highest BCUT2D eigenvalue weighted by Crippen LogP contribution is 2.22. The highest BCUT2D eigenvalue weighted by molar-refractivity contribution is 7.16. The molecule has 2 fully saturated rings. The SMILES string of the molecule is O=C(NCc1ccc(Cl)s1)[C@H]1CCC(=O)N(CCN2CCOCC2)C1. The van der Waals surface area contributed by atoms with Gasteiger partial charge in [-0.25, -0.2) is 0 Å². The Morgan fingerprint density at radius 1 is 1.32 bits per heavy atom. The Bertz CT molecular complexity index is 604. The number of nitrogens with zero attached hydrogens (tertiary/aromatic N) is 2. The van der Waals surface area contributed by atoms with Gasteiger partial charge in [0.05, 0.1) is 30.0 Å². The number of ether oxygens (including phenoxy) is 1. The van der Waals surface area contributed by atoms with Gasteiger partial charge in [-0.15, -0.1) is 11.3 Å². The molecule has 8 heteroatoms. The first-order valence-electron chi connectivity index (χ1n) is 8.71. The number of piperidine rings is 1. The summed E-state index contributed by atoms with van der Waals surface area (Å²) < 4.78 is 6.07. The van der Waals surface area contributed by atoms with Crippen molar-refractivity contribution < 1.29 is 14.3 Å². The molecule has 0 unspecified atom stereocenters. The van der Waals surface area contributed by atoms with Crippen LogP contribution in [-0.2, 0) is 20.9 Å². The summed E-state index contributed by atoms with van der Waals surface area (Å²) in [7, 11) is 0. The molecule has 2 aliphatic heterocycles. The van der Waals surface area contributed by atoms with Gasteiger partial charge in [-0.2, -0.15) is 0 Å². The van der Waals surface area contributed by atoms with Crippen molar-refractivity contribution in [3.8, 4) is 0 Å². The summed E-state index contributed by atoms with van der Waals surface area (Å²) >= 11 is 7.38. The van der Waals surface area contributed by atoms with Gasteiger partial charge < -0.3 is 15.0 Å². The summed E-state index contributed by atoms with van der Waals surface area (Å²) in [5.41, 5.74) is 0. The second-order valence-corrected chi connectivity index (χ2v) is 8.25. The standard InChI is InChI=1S/C17H24ClN3O3S/c18-15-3-2-14(25-15)11-19-17(23)13-1-4-16(22)21(12-13)6-5-20-7-9-24-10-8-20/h2-3,13H,1,4-12H2,(H,19,23)/t13-/m0/s1. The average Bonchev–Trinajstić information content (AvgIpc) is 3.05. The third-order valence-electron chi connectivity index (χ3n) is 4.73. The zero-order valence-corrected chi connectivity index (χ0v) is 15.8. The molecule has 6 nitrogen and oxygen atoms in total. The van der Waals surface area contributed by atoms with Crippen molar-refractivity contribution in [1.82, 2.24) is 15.1 Å². The maximum atomic E-state index is 12.4. The third kappa shape index (κ3) is 5.41. The number of nitrogens with one attached hydrogen (secondary N) is 1. The first-order chi connectivity index (χ1) is 12.1. The van der Waals surface area contributed by atoms with Crippen LogP contribution in [0.1, 0.15) is 17.7 Å². The fourth-order valence-corrected chi connectivity index (χ4v) is 4.22. The van der Waals surface area contributed by atoms with E-state index >= 15 is 0 Å². The van der Waals surface area contributed by atoms with E-state index in [1.807, 2.05) is 17.0 Å². The molecule has 1 atom stereocenters. The maximum Gasteiger partial charge on any atom is 0.225 e. The van der Waals surface area contributed by atoms with E-state index in [0.29, 0.717) is 32.5 Å². The van der Waals surface area contributed by atoms with Crippen LogP contribution in [0.2, 0.25) is 4.34 Å². The second kappa shape index (κ2) is 8.98. The smallest absolute Gasteiger partial charge is 0.225 e. The van der Waals surface area contributed by atoms with Crippen molar-refractivity contribution >= 4 is 34.8 Å². The number of amides is 2. The number of thiophene rings is 1. The maximum absolute atomic E-state index is 12.4. The quantitative estimate of drug-likeness (QED) is 0.807. The van der Waals surface area contributed by atoms with E-state index in [1.54, 1.807) is 0 Å². The number of carbonyl (C=O) groups is 2. The Labute approximate surface area is 157 Å². The van der Waals surface area contributed by atoms with Crippen molar-refractivity contribution in [3.63, 3.8) is 0 Å². The Balaban J connectivity index is 1.45. The summed E-state index contributed by atoms with van der Waals surface area (Å²) in [6.07, 6.45) is 1.08. The molecule has 0 aromatic carbocycles. The van der Waals surface area contributed by atoms with E-state index in [4.69, 9.17) is 16.3 Å². The van der Waals surface area contributed by atoms with E-state index < -0.39 is 0 Å². The number of likely N-dealkylation sites (tertiary alicyclic amines) is 1. The van der Waals surface area contributed by atoms with Crippen LogP contribution in [0.4, 0.5) is 0 Å². The van der Waals surface area contributed by atoms with E-state index in [9.17, 15) is 9.59 Å². The first-order valence-corrected chi connectivity index (χ1v) is 9.91. The average molecular weight is 386 g/mol. The lowest BCUT2D eigenvalue weighted by molar-refractivity contribution is -0.138. The summed E-state index contributed by atoms with van der Waals surface area (Å²) in [6, 6.07) is 3.76. The van der Waals surface area contributed by atoms with Gasteiger partial charge in [0.25, 0.3) is 0 Å². The van der Waals surface area contributed by atoms with Crippen LogP contribution < -0.4 is 5.32 Å². The van der Waals surface area contributed by atoms with Crippen LogP contribution >= 0.6 is 22.9 Å². The van der Waals surface area contributed by atoms with Gasteiger partial charge in [0, 0.05) is 44.0 Å². The molecule has 2 amide bonds. The molecule has 0 spiro atoms. The Morgan fingerprint density at radius 2 is 2.12 bits per heavy atom. The van der Waals surface area contributed by atoms with Crippen molar-refractivity contribution in [3.05, 3.63) is 21.3 Å². The molecule has 2 aliphatic rings. The van der Waals surface area contributed by atoms with Crippen LogP contribution in [0.3, 0.4) is 0 Å². The molecule has 0 radical (unpaired) electrons. The highest BCUT2D eigenvalue weighted by atomic mass is 35.5. The van der Waals surface area contributed by atoms with Crippen molar-refractivity contribution in [1.29, 1.82) is 0 Å². The normalized spacial score (nSPS) is 22.2. The van der Waals surface area contributed by atoms with E-state index in [-0.39, 0.29) is 17.7 Å². The molecule has 25 heavy (non-hydrogen) atoms. The summed E-state index contributed by atoms with van der Waals surface area (Å²) in [5.74, 6) is 0.0496. The molecular formula is C17H24ClN3O3S. The largest absolute Gasteiger partial charge is 0.379 e. The van der Waals surface area contributed by atoms with Crippen molar-refractivity contribution in [2.45, 2.75) is 19.4 Å². The first kappa shape index (κ1) is 18.6. The van der Waals surface area contributed by atoms with E-state index in [1.165, 1.54) is 11.3 Å². The lowest BCUT2D eigenvalue weighted by Crippen LogP contribution is -2.49. The molecule has 1 aromatic heterocycles. The number of carbonyl (C=O) groups excluding carboxylic acids is 2. The molecule has 2 saturated heterocycles. The van der Waals surface area contributed by atoms with Gasteiger partial charge in [-0.3, -0.25) is 14.5 Å². The number of hydrogen-bond acceptors (Lipinski definition) is 5. The van der Waals surface area contributed by atoms with Gasteiger partial charge in [-0.05, 0) is 18.6 Å². The van der Waals surface area contributed by atoms with Crippen LogP contribution in [0, 0.1) is 5.92 Å². The van der Waals surface area contributed by atoms with Crippen molar-refractivity contribution in [2.24, 2.45) is 5.92 Å². The Hall–Kier alpha value is -1.15. The number of hydrogen-bond donors (Lipinski definition) is 1. The van der Waals surface area contributed by atoms with Crippen LogP contribution in [-0.4, -0.2) is 67.6 Å². The van der Waals surface area contributed by atoms with Crippen LogP contribution in [0.5, 0.6) is 0 Å². The third-order valence-corrected chi connectivity index (χ3v) is 5.96. The van der Waals surface area contributed by atoms with Gasteiger partial charge >= 0.3 is 0 Å². The minimum absolute atomic E-state index is 0.0217. The Kier molecular flexibility index (Phi) is 6.70. The van der Waals surface area contributed by atoms with Gasteiger partial charge in [0.15, 0.2) is 0 Å². The second-order valence-electron chi connectivity index (χ2n) is 6.45. The topological polar surface area (TPSA) is 61.9 Å². The minimum atomic E-state index is -0.127. The molecule has 138 valence electrons. The number of morpholine rings is 1. The molecular weight excluding hydrogens is 362 g/mol. The molecule has 3 heterocycles. The lowest BCUT2D eigenvalue weighted by Gasteiger charge is -2.34. The Morgan fingerprint density at radius 3 is 2.84 bits per heavy atom. The number of rotatable bonds is 6. The monoisotopic (exact) mass is 385 g/mol. The highest BCUT2D eigenvalue weighted by Gasteiger charge is 2.30. The zero-order chi connectivity index (χ0) is 17.6. The molecule has 3 rings (SSSR count). The van der Waals surface area contributed by atoms with Crippen LogP contribution in [0.25, 0.3) is 0 Å². The molecule has 0 aliphatic carbocycles. The minimum Gasteiger partial charge on any atom is -0.379 e. The summed E-state index contributed by atoms with van der Waals surface area (Å²) in [6.45, 7) is 5.87. The van der Waals surface area contributed by atoms with Gasteiger partial charge in [0.2, 0.25) is 11.8 Å². The van der Waals surface area contributed by atoms with Crippen LogP contribution in [0.15, 0.2) is 12.1 Å². The summed E-state index contributed by atoms with van der Waals surface area (Å²) in [5, 5.41) is 2.97. The molecule has 0 bridgehead atoms. The predicted molar refractivity (Wildman–Crippen MR) is 97.7 cm³/mol. The fraction of sp³-hybridized carbons (Fsp3) is 0.647. The predicted octanol–water partition coefficient (Wildman–Crippen LogP) is 1.59. The van der Waals surface area contributed by atoms with E-state index in [0.717, 1.165) is 42.1 Å². The zero-order valence-electron chi connectivity index (χ0n) is 14.2. The van der Waals surface area contributed by atoms with Gasteiger partial charge in [0.1, 0.15) is 0 Å². The molecule has 1 N–H and O–H groups in total. The van der Waals surface area contributed by atoms with Crippen molar-refractivity contribution in [2.75, 3.05) is 45.9 Å². The summed E-state index contributed by atoms with van der Waals surface area (Å²) in [4.78, 5) is 29.8. The lowest BCUT2D eigenvalue weighted by atomic mass is 9.96.